The molecule has 1 unspecified atom stereocenters. The van der Waals surface area contributed by atoms with Gasteiger partial charge in [0.1, 0.15) is 6.04 Å². The molecule has 1 aliphatic carbocycles. The molecule has 0 aromatic carbocycles. The molecule has 2 amide bonds. The number of nitrogens with one attached hydrogen (secondary N) is 1. The molecule has 2 rings (SSSR count). The fourth-order valence-corrected chi connectivity index (χ4v) is 2.67. The third-order valence-corrected chi connectivity index (χ3v) is 3.93. The van der Waals surface area contributed by atoms with E-state index in [1.165, 1.54) is 0 Å². The van der Waals surface area contributed by atoms with Crippen LogP contribution >= 0.6 is 12.4 Å². The van der Waals surface area contributed by atoms with Crippen molar-refractivity contribution in [3.63, 3.8) is 0 Å². The molecule has 0 spiro atoms. The highest BCUT2D eigenvalue weighted by Gasteiger charge is 2.39. The molecule has 0 radical (unpaired) electrons. The fourth-order valence-electron chi connectivity index (χ4n) is 2.67. The first-order valence-electron chi connectivity index (χ1n) is 6.38. The van der Waals surface area contributed by atoms with Crippen LogP contribution in [0.4, 0.5) is 0 Å². The lowest BCUT2D eigenvalue weighted by molar-refractivity contribution is -0.134. The largest absolute Gasteiger partial charge is 0.344 e. The van der Waals surface area contributed by atoms with E-state index in [-0.39, 0.29) is 30.3 Å². The van der Waals surface area contributed by atoms with Gasteiger partial charge in [0.15, 0.2) is 0 Å². The standard InChI is InChI=1S/C12H21N3O2.ClH/c1-15-8-5-9(10(15)16)14-11(17)12(13)6-3-2-4-7-12;/h9H,2-8,13H2,1H3,(H,14,17);1H. The lowest BCUT2D eigenvalue weighted by Crippen LogP contribution is -2.58. The zero-order chi connectivity index (χ0) is 12.5. The summed E-state index contributed by atoms with van der Waals surface area (Å²) in [4.78, 5) is 25.5. The summed E-state index contributed by atoms with van der Waals surface area (Å²) >= 11 is 0. The molecule has 1 atom stereocenters. The molecule has 1 saturated carbocycles. The molecule has 0 aromatic heterocycles. The maximum absolute atomic E-state index is 12.1. The summed E-state index contributed by atoms with van der Waals surface area (Å²) in [6, 6.07) is -0.366. The maximum atomic E-state index is 12.1. The topological polar surface area (TPSA) is 75.4 Å². The van der Waals surface area contributed by atoms with Crippen molar-refractivity contribution in [1.29, 1.82) is 0 Å². The van der Waals surface area contributed by atoms with Crippen LogP contribution in [0.1, 0.15) is 38.5 Å². The van der Waals surface area contributed by atoms with Crippen LogP contribution in [0.3, 0.4) is 0 Å². The smallest absolute Gasteiger partial charge is 0.244 e. The summed E-state index contributed by atoms with van der Waals surface area (Å²) in [5, 5.41) is 2.81. The van der Waals surface area contributed by atoms with Crippen molar-refractivity contribution in [3.8, 4) is 0 Å². The van der Waals surface area contributed by atoms with Crippen molar-refractivity contribution in [1.82, 2.24) is 10.2 Å². The van der Waals surface area contributed by atoms with Crippen molar-refractivity contribution in [2.45, 2.75) is 50.1 Å². The van der Waals surface area contributed by atoms with E-state index in [1.54, 1.807) is 11.9 Å². The molecule has 0 aromatic rings. The van der Waals surface area contributed by atoms with Gasteiger partial charge in [0, 0.05) is 13.6 Å². The molecule has 2 aliphatic rings. The third-order valence-electron chi connectivity index (χ3n) is 3.93. The first kappa shape index (κ1) is 15.2. The van der Waals surface area contributed by atoms with E-state index in [4.69, 9.17) is 5.73 Å². The van der Waals surface area contributed by atoms with Gasteiger partial charge in [-0.25, -0.2) is 0 Å². The van der Waals surface area contributed by atoms with E-state index < -0.39 is 5.54 Å². The monoisotopic (exact) mass is 275 g/mol. The Kier molecular flexibility index (Phi) is 4.99. The van der Waals surface area contributed by atoms with E-state index in [1.807, 2.05) is 0 Å². The van der Waals surface area contributed by atoms with Gasteiger partial charge in [-0.2, -0.15) is 0 Å². The van der Waals surface area contributed by atoms with Crippen molar-refractivity contribution >= 4 is 24.2 Å². The Balaban J connectivity index is 0.00000162. The van der Waals surface area contributed by atoms with Crippen molar-refractivity contribution in [3.05, 3.63) is 0 Å². The van der Waals surface area contributed by atoms with Crippen molar-refractivity contribution < 1.29 is 9.59 Å². The Morgan fingerprint density at radius 2 is 2.00 bits per heavy atom. The van der Waals surface area contributed by atoms with Crippen molar-refractivity contribution in [2.75, 3.05) is 13.6 Å². The summed E-state index contributed by atoms with van der Waals surface area (Å²) in [6.45, 7) is 0.710. The Bertz CT molecular complexity index is 329. The zero-order valence-corrected chi connectivity index (χ0v) is 11.6. The molecule has 3 N–H and O–H groups in total. The van der Waals surface area contributed by atoms with Gasteiger partial charge in [-0.3, -0.25) is 9.59 Å². The van der Waals surface area contributed by atoms with Crippen LogP contribution in [0.15, 0.2) is 0 Å². The van der Waals surface area contributed by atoms with E-state index in [2.05, 4.69) is 5.32 Å². The summed E-state index contributed by atoms with van der Waals surface area (Å²) < 4.78 is 0. The quantitative estimate of drug-likeness (QED) is 0.767. The molecule has 1 saturated heterocycles. The van der Waals surface area contributed by atoms with E-state index in [9.17, 15) is 9.59 Å². The van der Waals surface area contributed by atoms with Gasteiger partial charge in [-0.05, 0) is 19.3 Å². The molecule has 5 nitrogen and oxygen atoms in total. The number of carbonyl (C=O) groups is 2. The van der Waals surface area contributed by atoms with Gasteiger partial charge in [-0.15, -0.1) is 12.4 Å². The van der Waals surface area contributed by atoms with Crippen molar-refractivity contribution in [2.24, 2.45) is 5.73 Å². The van der Waals surface area contributed by atoms with Crippen LogP contribution in [0, 0.1) is 0 Å². The molecule has 104 valence electrons. The van der Waals surface area contributed by atoms with Crippen LogP contribution in [-0.2, 0) is 9.59 Å². The van der Waals surface area contributed by atoms with Crippen LogP contribution < -0.4 is 11.1 Å². The molecule has 1 heterocycles. The number of rotatable bonds is 2. The zero-order valence-electron chi connectivity index (χ0n) is 10.8. The van der Waals surface area contributed by atoms with Gasteiger partial charge in [-0.1, -0.05) is 19.3 Å². The number of nitrogens with two attached hydrogens (primary N) is 1. The Hall–Kier alpha value is -0.810. The normalized spacial score (nSPS) is 26.7. The fraction of sp³-hybridized carbons (Fsp3) is 0.833. The number of nitrogens with zero attached hydrogens (tertiary/aromatic N) is 1. The predicted molar refractivity (Wildman–Crippen MR) is 71.4 cm³/mol. The highest BCUT2D eigenvalue weighted by Crippen LogP contribution is 2.26. The highest BCUT2D eigenvalue weighted by molar-refractivity contribution is 5.92. The first-order valence-corrected chi connectivity index (χ1v) is 6.38. The summed E-state index contributed by atoms with van der Waals surface area (Å²) in [6.07, 6.45) is 5.31. The molecule has 6 heteroatoms. The van der Waals surface area contributed by atoms with Crippen LogP contribution in [0.2, 0.25) is 0 Å². The van der Waals surface area contributed by atoms with Gasteiger partial charge >= 0.3 is 0 Å². The number of hydrogen-bond donors (Lipinski definition) is 2. The minimum absolute atomic E-state index is 0. The minimum Gasteiger partial charge on any atom is -0.344 e. The molecular weight excluding hydrogens is 254 g/mol. The molecule has 2 fully saturated rings. The number of likely N-dealkylation sites (N-methyl/N-ethyl adjacent to an activating group) is 1. The third kappa shape index (κ3) is 2.95. The second-order valence-corrected chi connectivity index (χ2v) is 5.29. The number of amides is 2. The predicted octanol–water partition coefficient (Wildman–Crippen LogP) is 0.417. The maximum Gasteiger partial charge on any atom is 0.244 e. The van der Waals surface area contributed by atoms with Crippen LogP contribution in [-0.4, -0.2) is 41.9 Å². The van der Waals surface area contributed by atoms with Gasteiger partial charge in [0.2, 0.25) is 11.8 Å². The molecule has 1 aliphatic heterocycles. The average molecular weight is 276 g/mol. The molecule has 18 heavy (non-hydrogen) atoms. The van der Waals surface area contributed by atoms with Gasteiger partial charge < -0.3 is 16.0 Å². The van der Waals surface area contributed by atoms with E-state index >= 15 is 0 Å². The number of hydrogen-bond acceptors (Lipinski definition) is 3. The number of carbonyl (C=O) groups excluding carboxylic acids is 2. The van der Waals surface area contributed by atoms with E-state index in [0.717, 1.165) is 32.1 Å². The summed E-state index contributed by atoms with van der Waals surface area (Å²) in [7, 11) is 1.76. The minimum atomic E-state index is -0.750. The Morgan fingerprint density at radius 3 is 2.50 bits per heavy atom. The first-order chi connectivity index (χ1) is 8.03. The van der Waals surface area contributed by atoms with Crippen LogP contribution in [0.25, 0.3) is 0 Å². The number of likely N-dealkylation sites (tertiary alicyclic amines) is 1. The summed E-state index contributed by atoms with van der Waals surface area (Å²) in [5.41, 5.74) is 5.37. The Morgan fingerprint density at radius 1 is 1.39 bits per heavy atom. The average Bonchev–Trinajstić information content (AvgIpc) is 2.62. The molecular formula is C12H22ClN3O2. The number of halogens is 1. The highest BCUT2D eigenvalue weighted by atomic mass is 35.5. The Labute approximate surface area is 114 Å². The van der Waals surface area contributed by atoms with Gasteiger partial charge in [0.05, 0.1) is 5.54 Å². The second kappa shape index (κ2) is 5.89. The lowest BCUT2D eigenvalue weighted by Gasteiger charge is -2.32. The SMILES string of the molecule is CN1CCC(NC(=O)C2(N)CCCCC2)C1=O.Cl. The van der Waals surface area contributed by atoms with E-state index in [0.29, 0.717) is 13.0 Å². The summed E-state index contributed by atoms with van der Waals surface area (Å²) in [5.74, 6) is -0.149. The lowest BCUT2D eigenvalue weighted by atomic mass is 9.81. The van der Waals surface area contributed by atoms with Crippen LogP contribution in [0.5, 0.6) is 0 Å². The second-order valence-electron chi connectivity index (χ2n) is 5.29. The molecule has 0 bridgehead atoms. The van der Waals surface area contributed by atoms with Gasteiger partial charge in [0.25, 0.3) is 0 Å².